The van der Waals surface area contributed by atoms with Gasteiger partial charge in [0.15, 0.2) is 0 Å². The van der Waals surface area contributed by atoms with Crippen molar-refractivity contribution in [1.82, 2.24) is 10.2 Å². The number of carbonyl (C=O) groups excluding carboxylic acids is 1. The van der Waals surface area contributed by atoms with Crippen LogP contribution < -0.4 is 5.32 Å². The number of likely N-dealkylation sites (N-methyl/N-ethyl adjacent to an activating group) is 1. The number of piperidine rings is 1. The fourth-order valence-corrected chi connectivity index (χ4v) is 3.78. The first-order chi connectivity index (χ1) is 9.42. The Bertz CT molecular complexity index is 346. The lowest BCUT2D eigenvalue weighted by Crippen LogP contribution is -2.52. The van der Waals surface area contributed by atoms with Gasteiger partial charge in [-0.3, -0.25) is 4.79 Å². The lowest BCUT2D eigenvalue weighted by Gasteiger charge is -2.40. The van der Waals surface area contributed by atoms with Crippen molar-refractivity contribution in [2.75, 3.05) is 26.7 Å². The van der Waals surface area contributed by atoms with Crippen LogP contribution >= 0.6 is 0 Å². The van der Waals surface area contributed by atoms with E-state index < -0.39 is 5.54 Å². The van der Waals surface area contributed by atoms with E-state index in [9.17, 15) is 4.79 Å². The average molecular weight is 282 g/mol. The summed E-state index contributed by atoms with van der Waals surface area (Å²) in [6.07, 6.45) is 5.42. The third-order valence-electron chi connectivity index (χ3n) is 5.25. The molecule has 1 aliphatic carbocycles. The van der Waals surface area contributed by atoms with E-state index >= 15 is 0 Å². The molecule has 0 aromatic carbocycles. The maximum Gasteiger partial charge on any atom is 0.326 e. The Kier molecular flexibility index (Phi) is 4.75. The second-order valence-corrected chi connectivity index (χ2v) is 7.20. The summed E-state index contributed by atoms with van der Waals surface area (Å²) in [5.74, 6) is -0.0841. The summed E-state index contributed by atoms with van der Waals surface area (Å²) in [6.45, 7) is 9.92. The van der Waals surface area contributed by atoms with E-state index in [0.717, 1.165) is 25.8 Å². The number of hydrogen-bond donors (Lipinski definition) is 1. The number of rotatable bonds is 4. The maximum absolute atomic E-state index is 12.2. The van der Waals surface area contributed by atoms with Crippen LogP contribution in [-0.4, -0.2) is 49.2 Å². The Balaban J connectivity index is 1.98. The van der Waals surface area contributed by atoms with E-state index in [1.807, 2.05) is 0 Å². The minimum absolute atomic E-state index is 0.0841. The van der Waals surface area contributed by atoms with Gasteiger partial charge in [0.25, 0.3) is 0 Å². The van der Waals surface area contributed by atoms with Crippen molar-refractivity contribution in [3.63, 3.8) is 0 Å². The van der Waals surface area contributed by atoms with Crippen LogP contribution in [0.15, 0.2) is 0 Å². The molecular weight excluding hydrogens is 252 g/mol. The molecule has 1 N–H and O–H groups in total. The van der Waals surface area contributed by atoms with E-state index in [2.05, 4.69) is 31.0 Å². The summed E-state index contributed by atoms with van der Waals surface area (Å²) in [4.78, 5) is 14.7. The van der Waals surface area contributed by atoms with Crippen LogP contribution in [0, 0.1) is 5.41 Å². The first-order valence-electron chi connectivity index (χ1n) is 8.00. The number of ether oxygens (including phenoxy) is 1. The first-order valence-corrected chi connectivity index (χ1v) is 8.00. The zero-order valence-corrected chi connectivity index (χ0v) is 13.5. The Labute approximate surface area is 123 Å². The van der Waals surface area contributed by atoms with Crippen LogP contribution in [0.3, 0.4) is 0 Å². The lowest BCUT2D eigenvalue weighted by molar-refractivity contribution is -0.148. The molecule has 0 aromatic heterocycles. The van der Waals surface area contributed by atoms with Crippen LogP contribution in [0.5, 0.6) is 0 Å². The van der Waals surface area contributed by atoms with Gasteiger partial charge in [-0.1, -0.05) is 20.8 Å². The summed E-state index contributed by atoms with van der Waals surface area (Å²) in [6, 6.07) is 0.532. The highest BCUT2D eigenvalue weighted by atomic mass is 16.5. The van der Waals surface area contributed by atoms with Gasteiger partial charge in [0.05, 0.1) is 7.11 Å². The number of nitrogens with zero attached hydrogens (tertiary/aromatic N) is 1. The molecule has 0 radical (unpaired) electrons. The summed E-state index contributed by atoms with van der Waals surface area (Å²) in [7, 11) is 1.50. The van der Waals surface area contributed by atoms with Crippen molar-refractivity contribution in [3.8, 4) is 0 Å². The molecule has 4 nitrogen and oxygen atoms in total. The molecule has 1 saturated carbocycles. The molecule has 2 atom stereocenters. The van der Waals surface area contributed by atoms with Crippen LogP contribution in [0.25, 0.3) is 0 Å². The molecule has 0 amide bonds. The van der Waals surface area contributed by atoms with Crippen LogP contribution in [0.1, 0.15) is 52.9 Å². The first kappa shape index (κ1) is 15.8. The Morgan fingerprint density at radius 2 is 1.95 bits per heavy atom. The topological polar surface area (TPSA) is 41.6 Å². The van der Waals surface area contributed by atoms with Gasteiger partial charge in [0, 0.05) is 6.04 Å². The molecule has 2 aliphatic rings. The van der Waals surface area contributed by atoms with Gasteiger partial charge in [-0.25, -0.2) is 0 Å². The highest BCUT2D eigenvalue weighted by Gasteiger charge is 2.47. The van der Waals surface area contributed by atoms with Crippen molar-refractivity contribution in [2.45, 2.75) is 64.5 Å². The highest BCUT2D eigenvalue weighted by molar-refractivity contribution is 5.81. The molecule has 0 bridgehead atoms. The van der Waals surface area contributed by atoms with Crippen molar-refractivity contribution in [3.05, 3.63) is 0 Å². The highest BCUT2D eigenvalue weighted by Crippen LogP contribution is 2.38. The SMILES string of the molecule is CCNC1(C(=O)OC)CCC(N2CCC(C)(C)CC2)C1. The third-order valence-corrected chi connectivity index (χ3v) is 5.25. The van der Waals surface area contributed by atoms with Crippen molar-refractivity contribution in [2.24, 2.45) is 5.41 Å². The molecule has 20 heavy (non-hydrogen) atoms. The van der Waals surface area contributed by atoms with E-state index in [1.165, 1.54) is 33.0 Å². The van der Waals surface area contributed by atoms with Gasteiger partial charge < -0.3 is 15.0 Å². The van der Waals surface area contributed by atoms with Gasteiger partial charge in [0.2, 0.25) is 0 Å². The summed E-state index contributed by atoms with van der Waals surface area (Å²) < 4.78 is 5.04. The normalized spacial score (nSPS) is 34.1. The van der Waals surface area contributed by atoms with E-state index in [4.69, 9.17) is 4.74 Å². The van der Waals surface area contributed by atoms with Gasteiger partial charge in [-0.2, -0.15) is 0 Å². The number of likely N-dealkylation sites (tertiary alicyclic amines) is 1. The summed E-state index contributed by atoms with van der Waals surface area (Å²) >= 11 is 0. The summed E-state index contributed by atoms with van der Waals surface area (Å²) in [5, 5.41) is 3.39. The van der Waals surface area contributed by atoms with Gasteiger partial charge in [0.1, 0.15) is 5.54 Å². The fourth-order valence-electron chi connectivity index (χ4n) is 3.78. The lowest BCUT2D eigenvalue weighted by atomic mass is 9.82. The zero-order valence-electron chi connectivity index (χ0n) is 13.5. The molecule has 116 valence electrons. The predicted octanol–water partition coefficient (Wildman–Crippen LogP) is 2.18. The number of nitrogens with one attached hydrogen (secondary N) is 1. The van der Waals surface area contributed by atoms with Crippen LogP contribution in [-0.2, 0) is 9.53 Å². The maximum atomic E-state index is 12.2. The summed E-state index contributed by atoms with van der Waals surface area (Å²) in [5.41, 5.74) is 0.0390. The Morgan fingerprint density at radius 1 is 1.30 bits per heavy atom. The largest absolute Gasteiger partial charge is 0.468 e. The third kappa shape index (κ3) is 3.17. The second-order valence-electron chi connectivity index (χ2n) is 7.20. The van der Waals surface area contributed by atoms with Gasteiger partial charge in [-0.05, 0) is 57.2 Å². The van der Waals surface area contributed by atoms with Gasteiger partial charge >= 0.3 is 5.97 Å². The molecule has 2 rings (SSSR count). The molecule has 1 aliphatic heterocycles. The average Bonchev–Trinajstić information content (AvgIpc) is 2.83. The van der Waals surface area contributed by atoms with Crippen molar-refractivity contribution >= 4 is 5.97 Å². The number of methoxy groups -OCH3 is 1. The molecule has 0 aromatic rings. The van der Waals surface area contributed by atoms with Crippen molar-refractivity contribution < 1.29 is 9.53 Å². The molecule has 1 heterocycles. The van der Waals surface area contributed by atoms with Crippen LogP contribution in [0.4, 0.5) is 0 Å². The number of esters is 1. The molecule has 1 saturated heterocycles. The van der Waals surface area contributed by atoms with Crippen molar-refractivity contribution in [1.29, 1.82) is 0 Å². The van der Waals surface area contributed by atoms with E-state index in [1.54, 1.807) is 0 Å². The Morgan fingerprint density at radius 3 is 2.50 bits per heavy atom. The Hall–Kier alpha value is -0.610. The number of carbonyl (C=O) groups is 1. The van der Waals surface area contributed by atoms with E-state index in [0.29, 0.717) is 11.5 Å². The van der Waals surface area contributed by atoms with E-state index in [-0.39, 0.29) is 5.97 Å². The predicted molar refractivity (Wildman–Crippen MR) is 80.7 cm³/mol. The molecule has 2 unspecified atom stereocenters. The number of hydrogen-bond acceptors (Lipinski definition) is 4. The fraction of sp³-hybridized carbons (Fsp3) is 0.938. The second kappa shape index (κ2) is 6.02. The molecule has 0 spiro atoms. The quantitative estimate of drug-likeness (QED) is 0.803. The molecule has 4 heteroatoms. The minimum Gasteiger partial charge on any atom is -0.468 e. The minimum atomic E-state index is -0.443. The molecule has 2 fully saturated rings. The standard InChI is InChI=1S/C16H30N2O2/c1-5-17-16(14(19)20-4)7-6-13(12-16)18-10-8-15(2,3)9-11-18/h13,17H,5-12H2,1-4H3. The van der Waals surface area contributed by atoms with Gasteiger partial charge in [-0.15, -0.1) is 0 Å². The smallest absolute Gasteiger partial charge is 0.326 e. The zero-order chi connectivity index (χ0) is 14.8. The van der Waals surface area contributed by atoms with Crippen LogP contribution in [0.2, 0.25) is 0 Å². The monoisotopic (exact) mass is 282 g/mol. The molecular formula is C16H30N2O2.